The van der Waals surface area contributed by atoms with Gasteiger partial charge in [0, 0.05) is 18.5 Å². The van der Waals surface area contributed by atoms with Crippen molar-refractivity contribution < 1.29 is 14.6 Å². The Hall–Kier alpha value is -3.35. The highest BCUT2D eigenvalue weighted by Crippen LogP contribution is 2.16. The van der Waals surface area contributed by atoms with E-state index in [1.807, 2.05) is 30.3 Å². The van der Waals surface area contributed by atoms with Gasteiger partial charge in [0.2, 0.25) is 5.88 Å². The molecule has 0 fully saturated rings. The second-order valence-electron chi connectivity index (χ2n) is 5.54. The highest BCUT2D eigenvalue weighted by atomic mass is 16.5. The Balaban J connectivity index is 1.74. The Kier molecular flexibility index (Phi) is 4.65. The molecule has 25 heavy (non-hydrogen) atoms. The van der Waals surface area contributed by atoms with Crippen molar-refractivity contribution in [2.75, 3.05) is 7.11 Å². The van der Waals surface area contributed by atoms with Gasteiger partial charge in [-0.2, -0.15) is 0 Å². The normalized spacial score (nSPS) is 10.6. The van der Waals surface area contributed by atoms with E-state index < -0.39 is 5.97 Å². The summed E-state index contributed by atoms with van der Waals surface area (Å²) in [7, 11) is 1.39. The van der Waals surface area contributed by atoms with Crippen LogP contribution in [-0.4, -0.2) is 32.5 Å². The summed E-state index contributed by atoms with van der Waals surface area (Å²) in [5.74, 6) is -0.987. The minimum Gasteiger partial charge on any atom is -0.479 e. The van der Waals surface area contributed by atoms with Gasteiger partial charge in [-0.1, -0.05) is 30.3 Å². The zero-order chi connectivity index (χ0) is 17.8. The van der Waals surface area contributed by atoms with Crippen molar-refractivity contribution in [1.82, 2.24) is 14.3 Å². The second-order valence-corrected chi connectivity index (χ2v) is 5.54. The molecule has 2 heterocycles. The van der Waals surface area contributed by atoms with Crippen molar-refractivity contribution in [2.45, 2.75) is 13.1 Å². The molecule has 2 aromatic heterocycles. The first-order chi connectivity index (χ1) is 12.1. The molecule has 0 aliphatic rings. The van der Waals surface area contributed by atoms with Crippen LogP contribution in [0.2, 0.25) is 0 Å². The van der Waals surface area contributed by atoms with Crippen LogP contribution in [0.1, 0.15) is 21.5 Å². The van der Waals surface area contributed by atoms with Gasteiger partial charge in [-0.05, 0) is 17.2 Å². The summed E-state index contributed by atoms with van der Waals surface area (Å²) in [6, 6.07) is 12.8. The zero-order valence-corrected chi connectivity index (χ0v) is 13.6. The fraction of sp³-hybridized carbons (Fsp3) is 0.167. The summed E-state index contributed by atoms with van der Waals surface area (Å²) in [5.41, 5.74) is 1.95. The molecule has 7 heteroatoms. The average molecular weight is 339 g/mol. The van der Waals surface area contributed by atoms with Crippen LogP contribution in [0.15, 0.2) is 59.7 Å². The SMILES string of the molecule is COc1nn(Cc2ccc(Cn3ccccc3=O)cc2)cc1C(=O)O. The van der Waals surface area contributed by atoms with E-state index in [1.165, 1.54) is 24.1 Å². The van der Waals surface area contributed by atoms with Gasteiger partial charge in [0.25, 0.3) is 5.56 Å². The minimum absolute atomic E-state index is 0.0302. The van der Waals surface area contributed by atoms with Gasteiger partial charge in [-0.15, -0.1) is 5.10 Å². The number of rotatable bonds is 6. The number of ether oxygens (including phenoxy) is 1. The second kappa shape index (κ2) is 7.04. The van der Waals surface area contributed by atoms with Gasteiger partial charge in [-0.25, -0.2) is 4.79 Å². The van der Waals surface area contributed by atoms with Crippen LogP contribution < -0.4 is 10.3 Å². The number of hydrogen-bond acceptors (Lipinski definition) is 4. The quantitative estimate of drug-likeness (QED) is 0.741. The first-order valence-corrected chi connectivity index (χ1v) is 7.65. The molecule has 0 atom stereocenters. The molecule has 0 amide bonds. The Labute approximate surface area is 143 Å². The standard InChI is InChI=1S/C18H17N3O4/c1-25-17-15(18(23)24)12-21(19-17)11-14-7-5-13(6-8-14)10-20-9-3-2-4-16(20)22/h2-9,12H,10-11H2,1H3,(H,23,24). The largest absolute Gasteiger partial charge is 0.479 e. The summed E-state index contributed by atoms with van der Waals surface area (Å²) < 4.78 is 8.13. The summed E-state index contributed by atoms with van der Waals surface area (Å²) >= 11 is 0. The molecule has 0 bridgehead atoms. The predicted molar refractivity (Wildman–Crippen MR) is 91.1 cm³/mol. The molecule has 0 spiro atoms. The first-order valence-electron chi connectivity index (χ1n) is 7.65. The van der Waals surface area contributed by atoms with Crippen LogP contribution in [0.5, 0.6) is 5.88 Å². The highest BCUT2D eigenvalue weighted by Gasteiger charge is 2.16. The molecule has 1 N–H and O–H groups in total. The summed E-state index contributed by atoms with van der Waals surface area (Å²) in [6.45, 7) is 0.925. The fourth-order valence-corrected chi connectivity index (χ4v) is 2.51. The number of hydrogen-bond donors (Lipinski definition) is 1. The summed E-state index contributed by atoms with van der Waals surface area (Å²) in [5, 5.41) is 13.2. The van der Waals surface area contributed by atoms with E-state index in [9.17, 15) is 9.59 Å². The van der Waals surface area contributed by atoms with E-state index in [0.29, 0.717) is 13.1 Å². The molecule has 128 valence electrons. The van der Waals surface area contributed by atoms with Gasteiger partial charge in [0.1, 0.15) is 5.56 Å². The number of benzene rings is 1. The smallest absolute Gasteiger partial charge is 0.342 e. The third-order valence-electron chi connectivity index (χ3n) is 3.77. The number of nitrogens with zero attached hydrogens (tertiary/aromatic N) is 3. The maximum absolute atomic E-state index is 11.7. The van der Waals surface area contributed by atoms with E-state index >= 15 is 0 Å². The topological polar surface area (TPSA) is 86.4 Å². The number of carboxylic acid groups (broad SMARTS) is 1. The van der Waals surface area contributed by atoms with Crippen molar-refractivity contribution >= 4 is 5.97 Å². The lowest BCUT2D eigenvalue weighted by Crippen LogP contribution is -2.18. The Morgan fingerprint density at radius 1 is 1.12 bits per heavy atom. The van der Waals surface area contributed by atoms with Gasteiger partial charge in [0.05, 0.1) is 20.2 Å². The van der Waals surface area contributed by atoms with E-state index in [4.69, 9.17) is 9.84 Å². The van der Waals surface area contributed by atoms with Gasteiger partial charge in [-0.3, -0.25) is 9.48 Å². The molecule has 0 saturated carbocycles. The Morgan fingerprint density at radius 2 is 1.80 bits per heavy atom. The van der Waals surface area contributed by atoms with Crippen molar-refractivity contribution in [3.63, 3.8) is 0 Å². The number of carbonyl (C=O) groups is 1. The molecule has 0 saturated heterocycles. The maximum Gasteiger partial charge on any atom is 0.342 e. The van der Waals surface area contributed by atoms with Crippen LogP contribution in [0.25, 0.3) is 0 Å². The van der Waals surface area contributed by atoms with Crippen molar-refractivity contribution in [3.05, 3.63) is 81.9 Å². The molecule has 0 unspecified atom stereocenters. The van der Waals surface area contributed by atoms with Crippen LogP contribution in [-0.2, 0) is 13.1 Å². The minimum atomic E-state index is -1.08. The fourth-order valence-electron chi connectivity index (χ4n) is 2.51. The molecular weight excluding hydrogens is 322 g/mol. The molecule has 0 radical (unpaired) electrons. The molecule has 7 nitrogen and oxygen atoms in total. The van der Waals surface area contributed by atoms with Crippen molar-refractivity contribution in [3.8, 4) is 5.88 Å². The lowest BCUT2D eigenvalue weighted by atomic mass is 10.1. The first kappa shape index (κ1) is 16.5. The highest BCUT2D eigenvalue weighted by molar-refractivity contribution is 5.89. The monoisotopic (exact) mass is 339 g/mol. The van der Waals surface area contributed by atoms with Crippen molar-refractivity contribution in [2.24, 2.45) is 0 Å². The van der Waals surface area contributed by atoms with Crippen molar-refractivity contribution in [1.29, 1.82) is 0 Å². The maximum atomic E-state index is 11.7. The summed E-state index contributed by atoms with van der Waals surface area (Å²) in [6.07, 6.45) is 3.19. The molecule has 3 rings (SSSR count). The van der Waals surface area contributed by atoms with Gasteiger partial charge >= 0.3 is 5.97 Å². The summed E-state index contributed by atoms with van der Waals surface area (Å²) in [4.78, 5) is 22.9. The van der Waals surface area contributed by atoms with Crippen LogP contribution in [0.3, 0.4) is 0 Å². The lowest BCUT2D eigenvalue weighted by Gasteiger charge is -2.07. The van der Waals surface area contributed by atoms with E-state index in [1.54, 1.807) is 16.8 Å². The van der Waals surface area contributed by atoms with E-state index in [0.717, 1.165) is 11.1 Å². The molecule has 0 aliphatic carbocycles. The van der Waals surface area contributed by atoms with Crippen LogP contribution in [0, 0.1) is 0 Å². The number of aromatic carboxylic acids is 1. The Bertz CT molecular complexity index is 941. The number of pyridine rings is 1. The number of methoxy groups -OCH3 is 1. The van der Waals surface area contributed by atoms with E-state index in [-0.39, 0.29) is 17.0 Å². The lowest BCUT2D eigenvalue weighted by molar-refractivity contribution is 0.0693. The van der Waals surface area contributed by atoms with Crippen LogP contribution >= 0.6 is 0 Å². The molecule has 1 aromatic carbocycles. The predicted octanol–water partition coefficient (Wildman–Crippen LogP) is 1.85. The molecular formula is C18H17N3O4. The molecule has 3 aromatic rings. The van der Waals surface area contributed by atoms with E-state index in [2.05, 4.69) is 5.10 Å². The third-order valence-corrected chi connectivity index (χ3v) is 3.77. The average Bonchev–Trinajstić information content (AvgIpc) is 3.02. The third kappa shape index (κ3) is 3.77. The number of carboxylic acids is 1. The van der Waals surface area contributed by atoms with Crippen LogP contribution in [0.4, 0.5) is 0 Å². The Morgan fingerprint density at radius 3 is 2.36 bits per heavy atom. The van der Waals surface area contributed by atoms with Gasteiger partial charge < -0.3 is 14.4 Å². The molecule has 0 aliphatic heterocycles. The number of aromatic nitrogens is 3. The zero-order valence-electron chi connectivity index (χ0n) is 13.6. The van der Waals surface area contributed by atoms with Gasteiger partial charge in [0.15, 0.2) is 0 Å².